The van der Waals surface area contributed by atoms with Crippen molar-refractivity contribution in [2.45, 2.75) is 25.8 Å². The zero-order valence-electron chi connectivity index (χ0n) is 11.5. The van der Waals surface area contributed by atoms with Gasteiger partial charge in [-0.1, -0.05) is 11.6 Å². The number of nitrogens with two attached hydrogens (primary N) is 1. The van der Waals surface area contributed by atoms with Crippen LogP contribution < -0.4 is 5.73 Å². The summed E-state index contributed by atoms with van der Waals surface area (Å²) in [4.78, 5) is 18.2. The lowest BCUT2D eigenvalue weighted by Crippen LogP contribution is -2.37. The second-order valence-electron chi connectivity index (χ2n) is 5.25. The van der Waals surface area contributed by atoms with E-state index in [4.69, 9.17) is 17.3 Å². The minimum Gasteiger partial charge on any atom is -0.369 e. The quantitative estimate of drug-likeness (QED) is 0.926. The summed E-state index contributed by atoms with van der Waals surface area (Å²) in [6.45, 7) is 1.66. The molecule has 21 heavy (non-hydrogen) atoms. The number of fused-ring (bicyclic) bond motifs is 1. The number of nitrogen functional groups attached to an aromatic ring is 1. The molecule has 0 unspecified atom stereocenters. The van der Waals surface area contributed by atoms with Gasteiger partial charge in [0.05, 0.1) is 16.1 Å². The monoisotopic (exact) mass is 310 g/mol. The molecule has 1 fully saturated rings. The van der Waals surface area contributed by atoms with Crippen LogP contribution in [0.2, 0.25) is 5.02 Å². The number of hydrogen-bond acceptors (Lipinski definition) is 3. The van der Waals surface area contributed by atoms with Crippen molar-refractivity contribution in [2.24, 2.45) is 0 Å². The number of imidazole rings is 1. The van der Waals surface area contributed by atoms with Gasteiger partial charge in [0.1, 0.15) is 12.4 Å². The molecule has 0 saturated carbocycles. The number of benzene rings is 1. The van der Waals surface area contributed by atoms with Crippen molar-refractivity contribution in [3.63, 3.8) is 0 Å². The molecule has 0 bridgehead atoms. The molecule has 3 rings (SSSR count). The largest absolute Gasteiger partial charge is 0.369 e. The summed E-state index contributed by atoms with van der Waals surface area (Å²) in [5, 5.41) is -0.00549. The van der Waals surface area contributed by atoms with Gasteiger partial charge < -0.3 is 15.2 Å². The Labute approximate surface area is 126 Å². The summed E-state index contributed by atoms with van der Waals surface area (Å²) in [5.41, 5.74) is 6.82. The van der Waals surface area contributed by atoms with E-state index in [-0.39, 0.29) is 23.4 Å². The summed E-state index contributed by atoms with van der Waals surface area (Å²) in [7, 11) is 0. The highest BCUT2D eigenvalue weighted by atomic mass is 35.5. The van der Waals surface area contributed by atoms with Crippen LogP contribution in [0, 0.1) is 5.82 Å². The Morgan fingerprint density at radius 1 is 1.33 bits per heavy atom. The number of anilines is 1. The fourth-order valence-corrected chi connectivity index (χ4v) is 2.84. The van der Waals surface area contributed by atoms with Crippen LogP contribution in [0.5, 0.6) is 0 Å². The molecule has 0 spiro atoms. The predicted octanol–water partition coefficient (Wildman–Crippen LogP) is 2.42. The number of rotatable bonds is 2. The van der Waals surface area contributed by atoms with Crippen LogP contribution in [-0.2, 0) is 11.3 Å². The first-order chi connectivity index (χ1) is 10.1. The molecule has 7 heteroatoms. The molecular formula is C14H16ClFN4O. The molecule has 5 nitrogen and oxygen atoms in total. The van der Waals surface area contributed by atoms with E-state index >= 15 is 0 Å². The lowest BCUT2D eigenvalue weighted by molar-refractivity contribution is -0.132. The van der Waals surface area contributed by atoms with E-state index in [2.05, 4.69) is 4.98 Å². The molecule has 1 aromatic heterocycles. The summed E-state index contributed by atoms with van der Waals surface area (Å²) in [6.07, 6.45) is 3.22. The SMILES string of the molecule is Nc1nc2cc(F)c(Cl)cc2n1CC(=O)N1CCCCC1. The summed E-state index contributed by atoms with van der Waals surface area (Å²) in [5.74, 6) is -0.352. The van der Waals surface area contributed by atoms with Gasteiger partial charge in [-0.25, -0.2) is 9.37 Å². The van der Waals surface area contributed by atoms with Crippen molar-refractivity contribution in [3.8, 4) is 0 Å². The number of likely N-dealkylation sites (tertiary alicyclic amines) is 1. The van der Waals surface area contributed by atoms with Gasteiger partial charge in [-0.2, -0.15) is 0 Å². The zero-order valence-corrected chi connectivity index (χ0v) is 12.2. The average Bonchev–Trinajstić information content (AvgIpc) is 2.76. The zero-order chi connectivity index (χ0) is 15.0. The topological polar surface area (TPSA) is 64.1 Å². The van der Waals surface area contributed by atoms with Gasteiger partial charge in [-0.15, -0.1) is 0 Å². The molecule has 0 radical (unpaired) electrons. The van der Waals surface area contributed by atoms with E-state index in [1.165, 1.54) is 12.1 Å². The fraction of sp³-hybridized carbons (Fsp3) is 0.429. The molecule has 0 atom stereocenters. The van der Waals surface area contributed by atoms with Crippen LogP contribution in [-0.4, -0.2) is 33.4 Å². The lowest BCUT2D eigenvalue weighted by atomic mass is 10.1. The Bertz CT molecular complexity index is 694. The number of halogens is 2. The van der Waals surface area contributed by atoms with Crippen molar-refractivity contribution in [1.29, 1.82) is 0 Å². The molecule has 1 saturated heterocycles. The third-order valence-corrected chi connectivity index (χ3v) is 4.11. The maximum Gasteiger partial charge on any atom is 0.242 e. The van der Waals surface area contributed by atoms with Crippen molar-refractivity contribution < 1.29 is 9.18 Å². The number of aromatic nitrogens is 2. The van der Waals surface area contributed by atoms with Crippen LogP contribution in [0.15, 0.2) is 12.1 Å². The maximum absolute atomic E-state index is 13.4. The highest BCUT2D eigenvalue weighted by molar-refractivity contribution is 6.31. The first kappa shape index (κ1) is 14.1. The van der Waals surface area contributed by atoms with Crippen LogP contribution in [0.1, 0.15) is 19.3 Å². The highest BCUT2D eigenvalue weighted by Gasteiger charge is 2.19. The number of hydrogen-bond donors (Lipinski definition) is 1. The third kappa shape index (κ3) is 2.68. The summed E-state index contributed by atoms with van der Waals surface area (Å²) >= 11 is 5.80. The van der Waals surface area contributed by atoms with E-state index in [1.54, 1.807) is 4.57 Å². The van der Waals surface area contributed by atoms with E-state index < -0.39 is 5.82 Å². The van der Waals surface area contributed by atoms with Crippen molar-refractivity contribution in [3.05, 3.63) is 23.0 Å². The van der Waals surface area contributed by atoms with Crippen LogP contribution in [0.25, 0.3) is 11.0 Å². The third-order valence-electron chi connectivity index (χ3n) is 3.82. The minimum absolute atomic E-state index is 0.00106. The number of amides is 1. The number of carbonyl (C=O) groups excluding carboxylic acids is 1. The first-order valence-electron chi connectivity index (χ1n) is 6.95. The standard InChI is InChI=1S/C14H16ClFN4O/c15-9-6-12-11(7-10(9)16)18-14(17)20(12)8-13(21)19-4-2-1-3-5-19/h6-7H,1-5,8H2,(H2,17,18). The second-order valence-corrected chi connectivity index (χ2v) is 5.66. The summed E-state index contributed by atoms with van der Waals surface area (Å²) < 4.78 is 15.0. The van der Waals surface area contributed by atoms with E-state index in [0.717, 1.165) is 32.4 Å². The molecule has 1 aliphatic rings. The van der Waals surface area contributed by atoms with Crippen LogP contribution in [0.4, 0.5) is 10.3 Å². The van der Waals surface area contributed by atoms with Crippen molar-refractivity contribution in [1.82, 2.24) is 14.5 Å². The Hall–Kier alpha value is -1.82. The van der Waals surface area contributed by atoms with Gasteiger partial charge in [-0.05, 0) is 25.3 Å². The van der Waals surface area contributed by atoms with Gasteiger partial charge in [0, 0.05) is 19.2 Å². The van der Waals surface area contributed by atoms with Crippen molar-refractivity contribution in [2.75, 3.05) is 18.8 Å². The molecule has 1 aromatic carbocycles. The minimum atomic E-state index is -0.545. The highest BCUT2D eigenvalue weighted by Crippen LogP contribution is 2.25. The normalized spacial score (nSPS) is 15.6. The van der Waals surface area contributed by atoms with Gasteiger partial charge in [-0.3, -0.25) is 4.79 Å². The maximum atomic E-state index is 13.4. The van der Waals surface area contributed by atoms with E-state index in [0.29, 0.717) is 11.0 Å². The second kappa shape index (κ2) is 5.52. The Balaban J connectivity index is 1.91. The predicted molar refractivity (Wildman–Crippen MR) is 79.5 cm³/mol. The van der Waals surface area contributed by atoms with Gasteiger partial charge in [0.25, 0.3) is 0 Å². The van der Waals surface area contributed by atoms with Gasteiger partial charge >= 0.3 is 0 Å². The average molecular weight is 311 g/mol. The van der Waals surface area contributed by atoms with Gasteiger partial charge in [0.15, 0.2) is 0 Å². The molecular weight excluding hydrogens is 295 g/mol. The van der Waals surface area contributed by atoms with Crippen molar-refractivity contribution >= 4 is 34.5 Å². The van der Waals surface area contributed by atoms with Crippen LogP contribution >= 0.6 is 11.6 Å². The molecule has 2 aromatic rings. The molecule has 2 heterocycles. The number of carbonyl (C=O) groups is 1. The molecule has 1 amide bonds. The smallest absolute Gasteiger partial charge is 0.242 e. The Morgan fingerprint density at radius 3 is 2.76 bits per heavy atom. The van der Waals surface area contributed by atoms with Gasteiger partial charge in [0.2, 0.25) is 11.9 Å². The molecule has 0 aliphatic carbocycles. The molecule has 1 aliphatic heterocycles. The van der Waals surface area contributed by atoms with E-state index in [9.17, 15) is 9.18 Å². The van der Waals surface area contributed by atoms with E-state index in [1.807, 2.05) is 4.90 Å². The molecule has 2 N–H and O–H groups in total. The fourth-order valence-electron chi connectivity index (χ4n) is 2.68. The molecule has 112 valence electrons. The first-order valence-corrected chi connectivity index (χ1v) is 7.32. The Kier molecular flexibility index (Phi) is 3.71. The summed E-state index contributed by atoms with van der Waals surface area (Å²) in [6, 6.07) is 2.69. The Morgan fingerprint density at radius 2 is 2.05 bits per heavy atom. The van der Waals surface area contributed by atoms with Crippen LogP contribution in [0.3, 0.4) is 0 Å². The number of piperidine rings is 1. The number of nitrogens with zero attached hydrogens (tertiary/aromatic N) is 3. The lowest BCUT2D eigenvalue weighted by Gasteiger charge is -2.27.